The van der Waals surface area contributed by atoms with Crippen molar-refractivity contribution in [1.82, 2.24) is 20.4 Å². The van der Waals surface area contributed by atoms with Crippen molar-refractivity contribution in [1.29, 1.82) is 0 Å². The molecule has 252 valence electrons. The van der Waals surface area contributed by atoms with Gasteiger partial charge >= 0.3 is 24.1 Å². The first-order chi connectivity index (χ1) is 18.9. The molecular weight excluding hydrogens is 546 g/mol. The molecule has 0 bridgehead atoms. The van der Waals surface area contributed by atoms with Crippen molar-refractivity contribution in [3.8, 4) is 0 Å². The van der Waals surface area contributed by atoms with E-state index in [1.165, 1.54) is 0 Å². The molecule has 0 aliphatic heterocycles. The summed E-state index contributed by atoms with van der Waals surface area (Å²) in [7, 11) is 3.62. The minimum Gasteiger partial charge on any atom is -0.465 e. The van der Waals surface area contributed by atoms with Crippen LogP contribution in [0.15, 0.2) is 0 Å². The second-order valence-corrected chi connectivity index (χ2v) is 11.1. The molecule has 0 saturated heterocycles. The van der Waals surface area contributed by atoms with E-state index in [1.54, 1.807) is 46.6 Å². The van der Waals surface area contributed by atoms with E-state index in [1.807, 2.05) is 32.7 Å². The van der Waals surface area contributed by atoms with Gasteiger partial charge in [0.1, 0.15) is 11.2 Å². The number of carbonyl (C=O) groups is 4. The van der Waals surface area contributed by atoms with E-state index >= 15 is 0 Å². The maximum absolute atomic E-state index is 11.3. The lowest BCUT2D eigenvalue weighted by Crippen LogP contribution is -2.38. The molecular formula is C29H63N5O8. The van der Waals surface area contributed by atoms with Crippen LogP contribution in [-0.2, 0) is 28.5 Å². The van der Waals surface area contributed by atoms with Crippen molar-refractivity contribution >= 4 is 24.1 Å². The second-order valence-electron chi connectivity index (χ2n) is 11.1. The molecule has 0 radical (unpaired) electrons. The molecule has 0 rings (SSSR count). The summed E-state index contributed by atoms with van der Waals surface area (Å²) in [5.74, 6) is -0.458. The highest BCUT2D eigenvalue weighted by atomic mass is 16.6. The van der Waals surface area contributed by atoms with Gasteiger partial charge in [-0.15, -0.1) is 0 Å². The number of nitrogens with two attached hydrogens (primary N) is 1. The average molecular weight is 610 g/mol. The highest BCUT2D eigenvalue weighted by Gasteiger charge is 2.16. The van der Waals surface area contributed by atoms with E-state index in [4.69, 9.17) is 24.7 Å². The summed E-state index contributed by atoms with van der Waals surface area (Å²) in [4.78, 5) is 47.9. The van der Waals surface area contributed by atoms with Crippen LogP contribution in [0.5, 0.6) is 0 Å². The maximum Gasteiger partial charge on any atom is 0.407 e. The molecule has 42 heavy (non-hydrogen) atoms. The number of ether oxygens (including phenoxy) is 4. The summed E-state index contributed by atoms with van der Waals surface area (Å²) in [6.45, 7) is 20.9. The Labute approximate surface area is 255 Å². The van der Waals surface area contributed by atoms with E-state index in [2.05, 4.69) is 17.6 Å². The Balaban J connectivity index is -0.000000266. The maximum atomic E-state index is 11.3. The fourth-order valence-corrected chi connectivity index (χ4v) is 2.58. The topological polar surface area (TPSA) is 162 Å². The van der Waals surface area contributed by atoms with E-state index in [0.717, 1.165) is 19.4 Å². The zero-order valence-electron chi connectivity index (χ0n) is 27.5. The van der Waals surface area contributed by atoms with Crippen LogP contribution in [0, 0.1) is 0 Å². The number of likely N-dealkylation sites (N-methyl/N-ethyl adjacent to an activating group) is 2. The van der Waals surface area contributed by atoms with Crippen molar-refractivity contribution in [2.75, 3.05) is 73.1 Å². The van der Waals surface area contributed by atoms with Gasteiger partial charge in [-0.3, -0.25) is 19.4 Å². The number of nitrogens with zero attached hydrogens (tertiary/aromatic N) is 2. The number of nitrogens with one attached hydrogen (secondary N) is 2. The number of amides is 2. The van der Waals surface area contributed by atoms with Crippen molar-refractivity contribution in [2.45, 2.75) is 93.8 Å². The average Bonchev–Trinajstić information content (AvgIpc) is 2.78. The molecule has 0 unspecified atom stereocenters. The fraction of sp³-hybridized carbons (Fsp3) is 0.862. The van der Waals surface area contributed by atoms with Crippen LogP contribution in [0.1, 0.15) is 82.6 Å². The molecule has 0 heterocycles. The van der Waals surface area contributed by atoms with Gasteiger partial charge in [0.2, 0.25) is 0 Å². The molecule has 0 aromatic rings. The van der Waals surface area contributed by atoms with Gasteiger partial charge in [-0.25, -0.2) is 9.59 Å². The number of esters is 2. The van der Waals surface area contributed by atoms with Gasteiger partial charge in [0.05, 0.1) is 26.3 Å². The first-order valence-corrected chi connectivity index (χ1v) is 14.2. The van der Waals surface area contributed by atoms with E-state index in [9.17, 15) is 19.2 Å². The molecule has 0 aromatic carbocycles. The van der Waals surface area contributed by atoms with E-state index < -0.39 is 17.3 Å². The normalized spacial score (nSPS) is 10.6. The minimum absolute atomic E-state index is 0. The van der Waals surface area contributed by atoms with Gasteiger partial charge in [-0.05, 0) is 75.9 Å². The Hall–Kier alpha value is -2.64. The van der Waals surface area contributed by atoms with E-state index in [-0.39, 0.29) is 32.0 Å². The second kappa shape index (κ2) is 27.2. The predicted octanol–water partition coefficient (Wildman–Crippen LogP) is 3.39. The standard InChI is InChI=1S/C12H24N2O4.C9H19NO2.C7H16N2O2.CH4/c1-6-17-10(15)9-14(5)8-7-13-11(16)18-12(2,3)4;1-5-6-7-10-8(11)12-9(2,3)4;1-3-11-7(10)6-9(2)5-4-8;/h6-9H2,1-5H3,(H,13,16);5-7H2,1-4H3,(H,10,11);3-6,8H2,1-2H3;1H4. The number of hydrogen-bond donors (Lipinski definition) is 3. The van der Waals surface area contributed by atoms with Gasteiger partial charge in [0.25, 0.3) is 0 Å². The molecule has 4 N–H and O–H groups in total. The predicted molar refractivity (Wildman–Crippen MR) is 167 cm³/mol. The molecule has 0 aromatic heterocycles. The van der Waals surface area contributed by atoms with Crippen molar-refractivity contribution < 1.29 is 38.1 Å². The first-order valence-electron chi connectivity index (χ1n) is 14.2. The third-order valence-corrected chi connectivity index (χ3v) is 4.28. The Bertz CT molecular complexity index is 709. The van der Waals surface area contributed by atoms with Crippen LogP contribution in [0.2, 0.25) is 0 Å². The van der Waals surface area contributed by atoms with Crippen LogP contribution in [0.3, 0.4) is 0 Å². The summed E-state index contributed by atoms with van der Waals surface area (Å²) < 4.78 is 19.7. The Morgan fingerprint density at radius 2 is 1.07 bits per heavy atom. The molecule has 2 amide bonds. The van der Waals surface area contributed by atoms with Crippen molar-refractivity contribution in [2.24, 2.45) is 5.73 Å². The monoisotopic (exact) mass is 609 g/mol. The largest absolute Gasteiger partial charge is 0.465 e. The summed E-state index contributed by atoms with van der Waals surface area (Å²) in [5, 5.41) is 5.30. The zero-order chi connectivity index (χ0) is 32.5. The van der Waals surface area contributed by atoms with Crippen LogP contribution in [-0.4, -0.2) is 118 Å². The quantitative estimate of drug-likeness (QED) is 0.150. The summed E-state index contributed by atoms with van der Waals surface area (Å²) in [6, 6.07) is 0. The van der Waals surface area contributed by atoms with Crippen molar-refractivity contribution in [3.05, 3.63) is 0 Å². The molecule has 13 nitrogen and oxygen atoms in total. The molecule has 0 aliphatic rings. The Morgan fingerprint density at radius 3 is 1.40 bits per heavy atom. The van der Waals surface area contributed by atoms with Crippen LogP contribution in [0.25, 0.3) is 0 Å². The first kappa shape index (κ1) is 46.3. The van der Waals surface area contributed by atoms with E-state index in [0.29, 0.717) is 45.9 Å². The fourth-order valence-electron chi connectivity index (χ4n) is 2.58. The van der Waals surface area contributed by atoms with Gasteiger partial charge in [-0.2, -0.15) is 0 Å². The Morgan fingerprint density at radius 1 is 0.690 bits per heavy atom. The number of unbranched alkanes of at least 4 members (excludes halogenated alkanes) is 1. The highest BCUT2D eigenvalue weighted by molar-refractivity contribution is 5.72. The zero-order valence-corrected chi connectivity index (χ0v) is 27.5. The minimum atomic E-state index is -0.499. The third kappa shape index (κ3) is 39.5. The molecule has 0 saturated carbocycles. The van der Waals surface area contributed by atoms with Crippen LogP contribution in [0.4, 0.5) is 9.59 Å². The number of carbonyl (C=O) groups excluding carboxylic acids is 4. The van der Waals surface area contributed by atoms with Crippen LogP contribution < -0.4 is 16.4 Å². The lowest BCUT2D eigenvalue weighted by Gasteiger charge is -2.20. The molecule has 0 spiro atoms. The lowest BCUT2D eigenvalue weighted by molar-refractivity contribution is -0.145. The van der Waals surface area contributed by atoms with Crippen LogP contribution >= 0.6 is 0 Å². The molecule has 13 heteroatoms. The number of rotatable bonds is 14. The van der Waals surface area contributed by atoms with Gasteiger partial charge in [0, 0.05) is 32.7 Å². The molecule has 0 aliphatic carbocycles. The summed E-state index contributed by atoms with van der Waals surface area (Å²) in [6.07, 6.45) is 1.30. The SMILES string of the molecule is C.CCCCNC(=O)OC(C)(C)C.CCOC(=O)CN(C)CCN.CCOC(=O)CN(C)CCNC(=O)OC(C)(C)C. The van der Waals surface area contributed by atoms with Gasteiger partial charge in [-0.1, -0.05) is 20.8 Å². The number of hydrogen-bond acceptors (Lipinski definition) is 11. The highest BCUT2D eigenvalue weighted by Crippen LogP contribution is 2.06. The lowest BCUT2D eigenvalue weighted by atomic mass is 10.2. The van der Waals surface area contributed by atoms with Crippen molar-refractivity contribution in [3.63, 3.8) is 0 Å². The van der Waals surface area contributed by atoms with Gasteiger partial charge in [0.15, 0.2) is 0 Å². The summed E-state index contributed by atoms with van der Waals surface area (Å²) >= 11 is 0. The smallest absolute Gasteiger partial charge is 0.407 e. The van der Waals surface area contributed by atoms with Gasteiger partial charge < -0.3 is 35.3 Å². The summed E-state index contributed by atoms with van der Waals surface area (Å²) in [5.41, 5.74) is 4.39. The number of alkyl carbamates (subject to hydrolysis) is 2. The third-order valence-electron chi connectivity index (χ3n) is 4.28. The molecule has 0 atom stereocenters. The molecule has 0 fully saturated rings. The Kier molecular flexibility index (Phi) is 30.0.